The first-order valence-corrected chi connectivity index (χ1v) is 6.50. The van der Waals surface area contributed by atoms with Crippen molar-refractivity contribution < 1.29 is 23.1 Å². The van der Waals surface area contributed by atoms with E-state index < -0.39 is 23.2 Å². The maximum absolute atomic E-state index is 13.5. The second-order valence-corrected chi connectivity index (χ2v) is 5.79. The van der Waals surface area contributed by atoms with Gasteiger partial charge in [0.05, 0.1) is 10.6 Å². The Labute approximate surface area is 114 Å². The summed E-state index contributed by atoms with van der Waals surface area (Å²) in [6, 6.07) is 1.85. The fraction of sp³-hybridized carbons (Fsp3) is 0.385. The summed E-state index contributed by atoms with van der Waals surface area (Å²) in [7, 11) is 0. The molecule has 0 saturated heterocycles. The van der Waals surface area contributed by atoms with Gasteiger partial charge in [-0.05, 0) is 32.9 Å². The Kier molecular flexibility index (Phi) is 5.05. The summed E-state index contributed by atoms with van der Waals surface area (Å²) >= 11 is 0.701. The van der Waals surface area contributed by atoms with Crippen LogP contribution in [0.5, 0.6) is 0 Å². The van der Waals surface area contributed by atoms with Crippen LogP contribution >= 0.6 is 11.8 Å². The number of benzene rings is 1. The van der Waals surface area contributed by atoms with Crippen LogP contribution in [0, 0.1) is 11.6 Å². The highest BCUT2D eigenvalue weighted by Crippen LogP contribution is 2.26. The van der Waals surface area contributed by atoms with Crippen molar-refractivity contribution in [2.75, 3.05) is 5.75 Å². The molecule has 0 bridgehead atoms. The lowest BCUT2D eigenvalue weighted by Gasteiger charge is -2.19. The van der Waals surface area contributed by atoms with Crippen molar-refractivity contribution in [1.82, 2.24) is 0 Å². The number of hydrogen-bond donors (Lipinski definition) is 0. The SMILES string of the molecule is CC(C)(C)OC(=O)CSc1c(F)cc(C=O)cc1F. The molecule has 0 aliphatic carbocycles. The number of hydrogen-bond acceptors (Lipinski definition) is 4. The summed E-state index contributed by atoms with van der Waals surface area (Å²) in [4.78, 5) is 21.6. The highest BCUT2D eigenvalue weighted by molar-refractivity contribution is 8.00. The molecule has 0 N–H and O–H groups in total. The highest BCUT2D eigenvalue weighted by Gasteiger charge is 2.18. The molecule has 0 spiro atoms. The quantitative estimate of drug-likeness (QED) is 0.485. The topological polar surface area (TPSA) is 43.4 Å². The normalized spacial score (nSPS) is 11.2. The van der Waals surface area contributed by atoms with E-state index >= 15 is 0 Å². The van der Waals surface area contributed by atoms with Crippen molar-refractivity contribution in [3.63, 3.8) is 0 Å². The molecule has 0 unspecified atom stereocenters. The van der Waals surface area contributed by atoms with Crippen molar-refractivity contribution in [1.29, 1.82) is 0 Å². The Morgan fingerprint density at radius 1 is 1.32 bits per heavy atom. The predicted molar refractivity (Wildman–Crippen MR) is 68.3 cm³/mol. The summed E-state index contributed by atoms with van der Waals surface area (Å²) in [5, 5.41) is 0. The van der Waals surface area contributed by atoms with Gasteiger partial charge in [0.25, 0.3) is 0 Å². The van der Waals surface area contributed by atoms with Crippen LogP contribution in [0.15, 0.2) is 17.0 Å². The molecule has 0 heterocycles. The minimum Gasteiger partial charge on any atom is -0.459 e. The minimum absolute atomic E-state index is 0.0865. The lowest BCUT2D eigenvalue weighted by atomic mass is 10.2. The lowest BCUT2D eigenvalue weighted by molar-refractivity contribution is -0.151. The van der Waals surface area contributed by atoms with E-state index in [1.54, 1.807) is 20.8 Å². The Hall–Kier alpha value is -1.43. The van der Waals surface area contributed by atoms with Gasteiger partial charge >= 0.3 is 5.97 Å². The van der Waals surface area contributed by atoms with Crippen LogP contribution in [0.25, 0.3) is 0 Å². The van der Waals surface area contributed by atoms with Gasteiger partial charge in [0, 0.05) is 5.56 Å². The third-order valence-electron chi connectivity index (χ3n) is 1.91. The largest absolute Gasteiger partial charge is 0.459 e. The number of rotatable bonds is 4. The Bertz CT molecular complexity index is 472. The lowest BCUT2D eigenvalue weighted by Crippen LogP contribution is -2.25. The molecule has 3 nitrogen and oxygen atoms in total. The van der Waals surface area contributed by atoms with Crippen LogP contribution < -0.4 is 0 Å². The van der Waals surface area contributed by atoms with Gasteiger partial charge < -0.3 is 4.74 Å². The van der Waals surface area contributed by atoms with Crippen LogP contribution in [-0.2, 0) is 9.53 Å². The van der Waals surface area contributed by atoms with Crippen LogP contribution in [0.3, 0.4) is 0 Å². The van der Waals surface area contributed by atoms with Crippen LogP contribution in [-0.4, -0.2) is 23.6 Å². The number of esters is 1. The zero-order valence-corrected chi connectivity index (χ0v) is 11.6. The molecular formula is C13H14F2O3S. The monoisotopic (exact) mass is 288 g/mol. The summed E-state index contributed by atoms with van der Waals surface area (Å²) in [6.07, 6.45) is 0.356. The van der Waals surface area contributed by atoms with Gasteiger partial charge in [-0.1, -0.05) is 0 Å². The maximum Gasteiger partial charge on any atom is 0.316 e. The fourth-order valence-corrected chi connectivity index (χ4v) is 2.00. The molecule has 1 aromatic carbocycles. The number of aldehydes is 1. The van der Waals surface area contributed by atoms with Crippen molar-refractivity contribution in [2.24, 2.45) is 0 Å². The zero-order valence-electron chi connectivity index (χ0n) is 10.8. The van der Waals surface area contributed by atoms with E-state index in [0.717, 1.165) is 12.1 Å². The van der Waals surface area contributed by atoms with Gasteiger partial charge in [-0.25, -0.2) is 8.78 Å². The summed E-state index contributed by atoms with van der Waals surface area (Å²) in [6.45, 7) is 5.11. The van der Waals surface area contributed by atoms with E-state index in [9.17, 15) is 18.4 Å². The van der Waals surface area contributed by atoms with E-state index in [1.165, 1.54) is 0 Å². The molecule has 104 valence electrons. The van der Waals surface area contributed by atoms with E-state index in [4.69, 9.17) is 4.74 Å². The van der Waals surface area contributed by atoms with Crippen molar-refractivity contribution in [3.05, 3.63) is 29.3 Å². The number of halogens is 2. The van der Waals surface area contributed by atoms with Crippen molar-refractivity contribution >= 4 is 24.0 Å². The summed E-state index contributed by atoms with van der Waals surface area (Å²) in [5.74, 6) is -2.49. The van der Waals surface area contributed by atoms with Gasteiger partial charge in [0.2, 0.25) is 0 Å². The molecule has 0 saturated carbocycles. The first kappa shape index (κ1) is 15.6. The van der Waals surface area contributed by atoms with Gasteiger partial charge in [0.1, 0.15) is 23.5 Å². The molecule has 0 atom stereocenters. The highest BCUT2D eigenvalue weighted by atomic mass is 32.2. The average Bonchev–Trinajstić information content (AvgIpc) is 2.25. The Balaban J connectivity index is 2.73. The average molecular weight is 288 g/mol. The number of thioether (sulfide) groups is 1. The minimum atomic E-state index is -0.865. The molecular weight excluding hydrogens is 274 g/mol. The first-order valence-electron chi connectivity index (χ1n) is 5.52. The summed E-state index contributed by atoms with van der Waals surface area (Å²) < 4.78 is 32.1. The number of carbonyl (C=O) groups excluding carboxylic acids is 2. The molecule has 0 aliphatic rings. The molecule has 0 radical (unpaired) electrons. The smallest absolute Gasteiger partial charge is 0.316 e. The van der Waals surface area contributed by atoms with Gasteiger partial charge in [-0.3, -0.25) is 9.59 Å². The van der Waals surface area contributed by atoms with Crippen LogP contribution in [0.4, 0.5) is 8.78 Å². The number of carbonyl (C=O) groups is 2. The third-order valence-corrected chi connectivity index (χ3v) is 2.97. The third kappa shape index (κ3) is 4.98. The van der Waals surface area contributed by atoms with E-state index in [0.29, 0.717) is 18.0 Å². The first-order chi connectivity index (χ1) is 8.73. The molecule has 0 amide bonds. The van der Waals surface area contributed by atoms with Gasteiger partial charge in [-0.15, -0.1) is 11.8 Å². The number of ether oxygens (including phenoxy) is 1. The fourth-order valence-electron chi connectivity index (χ4n) is 1.29. The predicted octanol–water partition coefficient (Wildman–Crippen LogP) is 3.21. The standard InChI is InChI=1S/C13H14F2O3S/c1-13(2,3)18-11(17)7-19-12-9(14)4-8(6-16)5-10(12)15/h4-6H,7H2,1-3H3. The molecule has 0 aromatic heterocycles. The second kappa shape index (κ2) is 6.14. The summed E-state index contributed by atoms with van der Waals surface area (Å²) in [5.41, 5.74) is -0.729. The van der Waals surface area contributed by atoms with Crippen molar-refractivity contribution in [2.45, 2.75) is 31.3 Å². The molecule has 1 rings (SSSR count). The Morgan fingerprint density at radius 2 is 1.84 bits per heavy atom. The molecule has 19 heavy (non-hydrogen) atoms. The van der Waals surface area contributed by atoms with E-state index in [1.807, 2.05) is 0 Å². The molecule has 1 aromatic rings. The van der Waals surface area contributed by atoms with E-state index in [-0.39, 0.29) is 16.2 Å². The van der Waals surface area contributed by atoms with Crippen LogP contribution in [0.1, 0.15) is 31.1 Å². The molecule has 0 fully saturated rings. The zero-order chi connectivity index (χ0) is 14.6. The van der Waals surface area contributed by atoms with Gasteiger partial charge in [-0.2, -0.15) is 0 Å². The molecule has 6 heteroatoms. The van der Waals surface area contributed by atoms with Gasteiger partial charge in [0.15, 0.2) is 0 Å². The maximum atomic E-state index is 13.5. The van der Waals surface area contributed by atoms with E-state index in [2.05, 4.69) is 0 Å². The van der Waals surface area contributed by atoms with Crippen molar-refractivity contribution in [3.8, 4) is 0 Å². The second-order valence-electron chi connectivity index (χ2n) is 4.81. The Morgan fingerprint density at radius 3 is 2.26 bits per heavy atom. The molecule has 0 aliphatic heterocycles. The van der Waals surface area contributed by atoms with Crippen LogP contribution in [0.2, 0.25) is 0 Å².